The fourth-order valence-corrected chi connectivity index (χ4v) is 2.49. The van der Waals surface area contributed by atoms with Crippen LogP contribution in [0.2, 0.25) is 0 Å². The van der Waals surface area contributed by atoms with E-state index in [0.29, 0.717) is 35.0 Å². The van der Waals surface area contributed by atoms with Crippen LogP contribution in [-0.2, 0) is 6.54 Å². The summed E-state index contributed by atoms with van der Waals surface area (Å²) in [7, 11) is 3.19. The molecule has 7 heteroatoms. The Hall–Kier alpha value is -3.61. The number of carbonyl (C=O) groups is 1. The van der Waals surface area contributed by atoms with Crippen LogP contribution in [-0.4, -0.2) is 30.1 Å². The third-order valence-corrected chi connectivity index (χ3v) is 3.86. The van der Waals surface area contributed by atoms with Gasteiger partial charge < -0.3 is 20.1 Å². The summed E-state index contributed by atoms with van der Waals surface area (Å²) >= 11 is 0. The lowest BCUT2D eigenvalue weighted by molar-refractivity contribution is 0.0950. The summed E-state index contributed by atoms with van der Waals surface area (Å²) in [5, 5.41) is 6.07. The first-order chi connectivity index (χ1) is 13.2. The molecule has 0 saturated carbocycles. The van der Waals surface area contributed by atoms with Gasteiger partial charge in [0.15, 0.2) is 0 Å². The fourth-order valence-electron chi connectivity index (χ4n) is 2.49. The summed E-state index contributed by atoms with van der Waals surface area (Å²) in [5.41, 5.74) is 2.75. The van der Waals surface area contributed by atoms with Crippen molar-refractivity contribution in [1.29, 1.82) is 0 Å². The molecule has 3 rings (SSSR count). The van der Waals surface area contributed by atoms with E-state index in [1.807, 2.05) is 24.3 Å². The largest absolute Gasteiger partial charge is 0.497 e. The molecule has 0 aliphatic rings. The number of benzene rings is 1. The molecule has 1 amide bonds. The number of hydrogen-bond donors (Lipinski definition) is 2. The number of amides is 1. The molecular formula is C20H20N4O3. The Morgan fingerprint density at radius 2 is 1.93 bits per heavy atom. The Bertz CT molecular complexity index is 916. The number of hydrogen-bond acceptors (Lipinski definition) is 6. The minimum Gasteiger partial charge on any atom is -0.497 e. The molecule has 0 bridgehead atoms. The number of methoxy groups -OCH3 is 2. The quantitative estimate of drug-likeness (QED) is 0.670. The fraction of sp³-hybridized carbons (Fsp3) is 0.150. The molecule has 0 atom stereocenters. The van der Waals surface area contributed by atoms with Crippen molar-refractivity contribution < 1.29 is 14.3 Å². The summed E-state index contributed by atoms with van der Waals surface area (Å²) < 4.78 is 10.6. The molecule has 0 aliphatic carbocycles. The van der Waals surface area contributed by atoms with Gasteiger partial charge in [0, 0.05) is 31.2 Å². The van der Waals surface area contributed by atoms with Crippen LogP contribution in [0.3, 0.4) is 0 Å². The second-order valence-corrected chi connectivity index (χ2v) is 5.70. The molecule has 3 aromatic rings. The molecule has 1 aromatic carbocycles. The second kappa shape index (κ2) is 8.66. The highest BCUT2D eigenvalue weighted by molar-refractivity contribution is 5.94. The predicted octanol–water partition coefficient (Wildman–Crippen LogP) is 3.17. The van der Waals surface area contributed by atoms with E-state index in [4.69, 9.17) is 9.47 Å². The van der Waals surface area contributed by atoms with Gasteiger partial charge in [-0.25, -0.2) is 0 Å². The van der Waals surface area contributed by atoms with Crippen molar-refractivity contribution in [2.24, 2.45) is 0 Å². The van der Waals surface area contributed by atoms with Crippen molar-refractivity contribution in [2.75, 3.05) is 19.5 Å². The van der Waals surface area contributed by atoms with Crippen molar-refractivity contribution >= 4 is 17.3 Å². The monoisotopic (exact) mass is 364 g/mol. The van der Waals surface area contributed by atoms with Crippen molar-refractivity contribution in [3.8, 4) is 11.5 Å². The van der Waals surface area contributed by atoms with Gasteiger partial charge in [-0.2, -0.15) is 0 Å². The highest BCUT2D eigenvalue weighted by atomic mass is 16.5. The van der Waals surface area contributed by atoms with Crippen molar-refractivity contribution in [3.63, 3.8) is 0 Å². The van der Waals surface area contributed by atoms with Crippen LogP contribution < -0.4 is 20.1 Å². The van der Waals surface area contributed by atoms with Gasteiger partial charge in [-0.1, -0.05) is 6.07 Å². The molecule has 7 nitrogen and oxygen atoms in total. The van der Waals surface area contributed by atoms with Gasteiger partial charge in [0.1, 0.15) is 11.5 Å². The van der Waals surface area contributed by atoms with Crippen molar-refractivity contribution in [1.82, 2.24) is 15.3 Å². The van der Waals surface area contributed by atoms with Crippen molar-refractivity contribution in [2.45, 2.75) is 6.54 Å². The maximum Gasteiger partial charge on any atom is 0.253 e. The lowest BCUT2D eigenvalue weighted by Gasteiger charge is -2.13. The van der Waals surface area contributed by atoms with Crippen LogP contribution in [0.25, 0.3) is 0 Å². The number of nitrogens with one attached hydrogen (secondary N) is 2. The van der Waals surface area contributed by atoms with Crippen LogP contribution in [0.4, 0.5) is 11.4 Å². The summed E-state index contributed by atoms with van der Waals surface area (Å²) in [6, 6.07) is 10.9. The first-order valence-corrected chi connectivity index (χ1v) is 8.31. The zero-order chi connectivity index (χ0) is 19.1. The zero-order valence-electron chi connectivity index (χ0n) is 15.1. The Kier molecular flexibility index (Phi) is 5.84. The molecule has 0 fully saturated rings. The molecule has 0 spiro atoms. The van der Waals surface area contributed by atoms with Crippen LogP contribution >= 0.6 is 0 Å². The molecule has 0 radical (unpaired) electrons. The van der Waals surface area contributed by atoms with Gasteiger partial charge in [0.25, 0.3) is 5.91 Å². The summed E-state index contributed by atoms with van der Waals surface area (Å²) in [4.78, 5) is 20.6. The first kappa shape index (κ1) is 18.2. The van der Waals surface area contributed by atoms with E-state index in [0.717, 1.165) is 5.56 Å². The average Bonchev–Trinajstić information content (AvgIpc) is 2.73. The number of anilines is 2. The van der Waals surface area contributed by atoms with Crippen molar-refractivity contribution in [3.05, 3.63) is 72.3 Å². The van der Waals surface area contributed by atoms with Gasteiger partial charge in [-0.15, -0.1) is 0 Å². The summed E-state index contributed by atoms with van der Waals surface area (Å²) in [5.74, 6) is 1.13. The lowest BCUT2D eigenvalue weighted by atomic mass is 10.2. The highest BCUT2D eigenvalue weighted by Crippen LogP contribution is 2.31. The van der Waals surface area contributed by atoms with Gasteiger partial charge in [-0.3, -0.25) is 14.8 Å². The zero-order valence-corrected chi connectivity index (χ0v) is 15.1. The van der Waals surface area contributed by atoms with Gasteiger partial charge in [0.2, 0.25) is 0 Å². The maximum absolute atomic E-state index is 12.4. The molecule has 2 heterocycles. The number of ether oxygens (including phenoxy) is 2. The third-order valence-electron chi connectivity index (χ3n) is 3.86. The molecule has 0 unspecified atom stereocenters. The molecule has 0 saturated heterocycles. The highest BCUT2D eigenvalue weighted by Gasteiger charge is 2.10. The Labute approximate surface area is 157 Å². The van der Waals surface area contributed by atoms with Gasteiger partial charge in [-0.05, 0) is 29.8 Å². The van der Waals surface area contributed by atoms with E-state index in [1.165, 1.54) is 6.20 Å². The molecule has 0 aliphatic heterocycles. The molecular weight excluding hydrogens is 344 g/mol. The normalized spacial score (nSPS) is 10.1. The van der Waals surface area contributed by atoms with Crippen LogP contribution in [0.5, 0.6) is 11.5 Å². The smallest absolute Gasteiger partial charge is 0.253 e. The SMILES string of the molecule is COc1ccc(OC)c(Nc2cncc(C(=O)NCc3cccnc3)c2)c1. The first-order valence-electron chi connectivity index (χ1n) is 8.31. The van der Waals surface area contributed by atoms with E-state index in [9.17, 15) is 4.79 Å². The Morgan fingerprint density at radius 3 is 2.67 bits per heavy atom. The van der Waals surface area contributed by atoms with Gasteiger partial charge in [0.05, 0.1) is 37.4 Å². The van der Waals surface area contributed by atoms with Crippen LogP contribution in [0.1, 0.15) is 15.9 Å². The summed E-state index contributed by atoms with van der Waals surface area (Å²) in [6.45, 7) is 0.397. The molecule has 2 N–H and O–H groups in total. The topological polar surface area (TPSA) is 85.4 Å². The maximum atomic E-state index is 12.4. The minimum atomic E-state index is -0.215. The van der Waals surface area contributed by atoms with E-state index in [-0.39, 0.29) is 5.91 Å². The number of carbonyl (C=O) groups excluding carboxylic acids is 1. The number of aromatic nitrogens is 2. The van der Waals surface area contributed by atoms with Crippen LogP contribution in [0.15, 0.2) is 61.2 Å². The van der Waals surface area contributed by atoms with Gasteiger partial charge >= 0.3 is 0 Å². The number of pyridine rings is 2. The molecule has 27 heavy (non-hydrogen) atoms. The Morgan fingerprint density at radius 1 is 1.04 bits per heavy atom. The van der Waals surface area contributed by atoms with E-state index in [2.05, 4.69) is 20.6 Å². The predicted molar refractivity (Wildman–Crippen MR) is 102 cm³/mol. The number of rotatable bonds is 7. The number of nitrogens with zero attached hydrogens (tertiary/aromatic N) is 2. The van der Waals surface area contributed by atoms with E-state index >= 15 is 0 Å². The Balaban J connectivity index is 1.73. The second-order valence-electron chi connectivity index (χ2n) is 5.70. The molecule has 138 valence electrons. The van der Waals surface area contributed by atoms with E-state index < -0.39 is 0 Å². The lowest BCUT2D eigenvalue weighted by Crippen LogP contribution is -2.23. The average molecular weight is 364 g/mol. The standard InChI is InChI=1S/C20H20N4O3/c1-26-17-5-6-19(27-2)18(9-17)24-16-8-15(12-22-13-16)20(25)23-11-14-4-3-7-21-10-14/h3-10,12-13,24H,11H2,1-2H3,(H,23,25). The molecule has 2 aromatic heterocycles. The third kappa shape index (κ3) is 4.72. The van der Waals surface area contributed by atoms with E-state index in [1.54, 1.807) is 44.9 Å². The summed E-state index contributed by atoms with van der Waals surface area (Å²) in [6.07, 6.45) is 6.56. The van der Waals surface area contributed by atoms with Crippen LogP contribution in [0, 0.1) is 0 Å². The minimum absolute atomic E-state index is 0.215.